The fourth-order valence-corrected chi connectivity index (χ4v) is 2.59. The first-order valence-electron chi connectivity index (χ1n) is 7.67. The lowest BCUT2D eigenvalue weighted by Crippen LogP contribution is -2.05. The number of benzene rings is 2. The number of halogens is 1. The number of carbonyl (C=O) groups is 1. The van der Waals surface area contributed by atoms with Crippen molar-refractivity contribution in [2.24, 2.45) is 4.99 Å². The second kappa shape index (κ2) is 7.45. The molecule has 4 nitrogen and oxygen atoms in total. The first-order valence-corrected chi connectivity index (χ1v) is 8.46. The molecule has 0 saturated heterocycles. The van der Waals surface area contributed by atoms with E-state index in [0.29, 0.717) is 12.5 Å². The Balaban J connectivity index is 1.80. The number of aliphatic imine (C=N–C) groups is 1. The van der Waals surface area contributed by atoms with Gasteiger partial charge in [-0.2, -0.15) is 0 Å². The number of hydrogen-bond acceptors (Lipinski definition) is 4. The van der Waals surface area contributed by atoms with Crippen LogP contribution in [0.3, 0.4) is 0 Å². The Labute approximate surface area is 148 Å². The van der Waals surface area contributed by atoms with Crippen LogP contribution in [-0.2, 0) is 9.53 Å². The molecule has 5 heteroatoms. The zero-order chi connectivity index (χ0) is 16.9. The summed E-state index contributed by atoms with van der Waals surface area (Å²) in [5.74, 6) is 0.679. The van der Waals surface area contributed by atoms with Crippen LogP contribution in [-0.4, -0.2) is 18.5 Å². The van der Waals surface area contributed by atoms with E-state index in [1.165, 1.54) is 0 Å². The van der Waals surface area contributed by atoms with Crippen LogP contribution in [0.15, 0.2) is 63.7 Å². The molecule has 2 aromatic carbocycles. The second-order valence-corrected chi connectivity index (χ2v) is 6.18. The van der Waals surface area contributed by atoms with Crippen LogP contribution in [0.2, 0.25) is 0 Å². The van der Waals surface area contributed by atoms with Gasteiger partial charge in [0.1, 0.15) is 5.75 Å². The van der Waals surface area contributed by atoms with Gasteiger partial charge < -0.3 is 9.47 Å². The lowest BCUT2D eigenvalue weighted by atomic mass is 10.2. The Morgan fingerprint density at radius 3 is 2.71 bits per heavy atom. The monoisotopic (exact) mass is 385 g/mol. The van der Waals surface area contributed by atoms with E-state index in [0.717, 1.165) is 27.8 Å². The highest BCUT2D eigenvalue weighted by Crippen LogP contribution is 2.22. The SMILES string of the molecule is CCCOc1ccc(C=C2N=C(c3cccc(Br)c3)OC2=O)cc1. The van der Waals surface area contributed by atoms with E-state index in [2.05, 4.69) is 27.8 Å². The molecule has 0 spiro atoms. The van der Waals surface area contributed by atoms with Crippen molar-refractivity contribution < 1.29 is 14.3 Å². The summed E-state index contributed by atoms with van der Waals surface area (Å²) >= 11 is 3.40. The molecule has 0 atom stereocenters. The van der Waals surface area contributed by atoms with E-state index >= 15 is 0 Å². The summed E-state index contributed by atoms with van der Waals surface area (Å²) in [5, 5.41) is 0. The van der Waals surface area contributed by atoms with E-state index < -0.39 is 5.97 Å². The smallest absolute Gasteiger partial charge is 0.363 e. The average molecular weight is 386 g/mol. The molecule has 2 aromatic rings. The molecule has 122 valence electrons. The Morgan fingerprint density at radius 1 is 1.21 bits per heavy atom. The van der Waals surface area contributed by atoms with Crippen LogP contribution in [0.5, 0.6) is 5.75 Å². The van der Waals surface area contributed by atoms with Crippen LogP contribution >= 0.6 is 15.9 Å². The highest BCUT2D eigenvalue weighted by Gasteiger charge is 2.24. The first kappa shape index (κ1) is 16.5. The minimum absolute atomic E-state index is 0.284. The molecule has 0 fully saturated rings. The van der Waals surface area contributed by atoms with Gasteiger partial charge in [0, 0.05) is 10.0 Å². The molecule has 24 heavy (non-hydrogen) atoms. The third-order valence-electron chi connectivity index (χ3n) is 3.35. The minimum Gasteiger partial charge on any atom is -0.494 e. The molecule has 3 rings (SSSR count). The molecule has 1 heterocycles. The summed E-state index contributed by atoms with van der Waals surface area (Å²) in [5.41, 5.74) is 1.90. The quantitative estimate of drug-likeness (QED) is 0.558. The summed E-state index contributed by atoms with van der Waals surface area (Å²) in [4.78, 5) is 16.3. The Morgan fingerprint density at radius 2 is 2.00 bits per heavy atom. The van der Waals surface area contributed by atoms with Gasteiger partial charge in [0.25, 0.3) is 0 Å². The lowest BCUT2D eigenvalue weighted by molar-refractivity contribution is -0.129. The maximum atomic E-state index is 12.0. The predicted octanol–water partition coefficient (Wildman–Crippen LogP) is 4.58. The fraction of sp³-hybridized carbons (Fsp3) is 0.158. The van der Waals surface area contributed by atoms with E-state index in [1.54, 1.807) is 6.08 Å². The van der Waals surface area contributed by atoms with Gasteiger partial charge in [0.15, 0.2) is 5.70 Å². The van der Waals surface area contributed by atoms with E-state index in [4.69, 9.17) is 9.47 Å². The van der Waals surface area contributed by atoms with Gasteiger partial charge >= 0.3 is 5.97 Å². The zero-order valence-electron chi connectivity index (χ0n) is 13.2. The van der Waals surface area contributed by atoms with Crippen molar-refractivity contribution >= 4 is 33.9 Å². The van der Waals surface area contributed by atoms with Gasteiger partial charge in [0.05, 0.1) is 6.61 Å². The molecule has 0 N–H and O–H groups in total. The molecule has 1 aliphatic rings. The van der Waals surface area contributed by atoms with Gasteiger partial charge in [-0.25, -0.2) is 9.79 Å². The summed E-state index contributed by atoms with van der Waals surface area (Å²) in [6.07, 6.45) is 2.67. The van der Waals surface area contributed by atoms with Crippen LogP contribution in [0.1, 0.15) is 24.5 Å². The maximum absolute atomic E-state index is 12.0. The highest BCUT2D eigenvalue weighted by atomic mass is 79.9. The standard InChI is InChI=1S/C19H16BrNO3/c1-2-10-23-16-8-6-13(7-9-16)11-17-19(22)24-18(21-17)14-4-3-5-15(20)12-14/h3-9,11-12H,2,10H2,1H3. The number of cyclic esters (lactones) is 1. The largest absolute Gasteiger partial charge is 0.494 e. The molecular weight excluding hydrogens is 370 g/mol. The molecule has 0 unspecified atom stereocenters. The molecule has 0 aliphatic carbocycles. The van der Waals surface area contributed by atoms with Crippen molar-refractivity contribution in [3.05, 3.63) is 69.8 Å². The van der Waals surface area contributed by atoms with Crippen molar-refractivity contribution in [3.8, 4) is 5.75 Å². The van der Waals surface area contributed by atoms with E-state index in [-0.39, 0.29) is 5.70 Å². The Kier molecular flexibility index (Phi) is 5.11. The molecule has 0 amide bonds. The number of carbonyl (C=O) groups excluding carboxylic acids is 1. The van der Waals surface area contributed by atoms with E-state index in [1.807, 2.05) is 48.5 Å². The number of hydrogen-bond donors (Lipinski definition) is 0. The van der Waals surface area contributed by atoms with Crippen LogP contribution in [0, 0.1) is 0 Å². The molecule has 1 aliphatic heterocycles. The van der Waals surface area contributed by atoms with Crippen molar-refractivity contribution in [2.45, 2.75) is 13.3 Å². The van der Waals surface area contributed by atoms with Gasteiger partial charge in [0.2, 0.25) is 5.90 Å². The van der Waals surface area contributed by atoms with Crippen LogP contribution in [0.4, 0.5) is 0 Å². The van der Waals surface area contributed by atoms with Gasteiger partial charge in [-0.1, -0.05) is 41.1 Å². The van der Waals surface area contributed by atoms with Crippen LogP contribution in [0.25, 0.3) is 6.08 Å². The predicted molar refractivity (Wildman–Crippen MR) is 97.0 cm³/mol. The third kappa shape index (κ3) is 3.92. The number of rotatable bonds is 5. The van der Waals surface area contributed by atoms with Gasteiger partial charge in [-0.15, -0.1) is 0 Å². The fourth-order valence-electron chi connectivity index (χ4n) is 2.19. The van der Waals surface area contributed by atoms with Gasteiger partial charge in [-0.3, -0.25) is 0 Å². The highest BCUT2D eigenvalue weighted by molar-refractivity contribution is 9.10. The number of nitrogens with zero attached hydrogens (tertiary/aromatic N) is 1. The lowest BCUT2D eigenvalue weighted by Gasteiger charge is -2.04. The third-order valence-corrected chi connectivity index (χ3v) is 3.84. The van der Waals surface area contributed by atoms with Crippen molar-refractivity contribution in [2.75, 3.05) is 6.61 Å². The normalized spacial score (nSPS) is 15.3. The second-order valence-electron chi connectivity index (χ2n) is 5.26. The first-order chi connectivity index (χ1) is 11.7. The van der Waals surface area contributed by atoms with Crippen molar-refractivity contribution in [1.82, 2.24) is 0 Å². The molecule has 0 aromatic heterocycles. The summed E-state index contributed by atoms with van der Waals surface area (Å²) in [7, 11) is 0. The van der Waals surface area contributed by atoms with Crippen molar-refractivity contribution in [1.29, 1.82) is 0 Å². The molecule has 0 saturated carbocycles. The number of esters is 1. The summed E-state index contributed by atoms with van der Waals surface area (Å²) in [6, 6.07) is 15.0. The van der Waals surface area contributed by atoms with Crippen molar-refractivity contribution in [3.63, 3.8) is 0 Å². The Hall–Kier alpha value is -2.40. The maximum Gasteiger partial charge on any atom is 0.363 e. The summed E-state index contributed by atoms with van der Waals surface area (Å²) < 4.78 is 11.7. The molecule has 0 bridgehead atoms. The number of ether oxygens (including phenoxy) is 2. The molecule has 0 radical (unpaired) electrons. The average Bonchev–Trinajstić information content (AvgIpc) is 2.95. The molecular formula is C19H16BrNO3. The van der Waals surface area contributed by atoms with Gasteiger partial charge in [-0.05, 0) is 48.4 Å². The summed E-state index contributed by atoms with van der Waals surface area (Å²) in [6.45, 7) is 2.75. The minimum atomic E-state index is -0.448. The zero-order valence-corrected chi connectivity index (χ0v) is 14.7. The van der Waals surface area contributed by atoms with E-state index in [9.17, 15) is 4.79 Å². The topological polar surface area (TPSA) is 47.9 Å². The Bertz CT molecular complexity index is 810. The van der Waals surface area contributed by atoms with Crippen LogP contribution < -0.4 is 4.74 Å².